The average Bonchev–Trinajstić information content (AvgIpc) is 3.13. The molecule has 23 heavy (non-hydrogen) atoms. The number of amides is 1. The number of nitrogens with one attached hydrogen (secondary N) is 1. The van der Waals surface area contributed by atoms with Gasteiger partial charge in [0.1, 0.15) is 5.82 Å². The maximum Gasteiger partial charge on any atom is 0.227 e. The molecule has 3 heterocycles. The van der Waals surface area contributed by atoms with Crippen LogP contribution in [0.2, 0.25) is 0 Å². The van der Waals surface area contributed by atoms with Gasteiger partial charge in [0.2, 0.25) is 23.6 Å². The molecule has 0 unspecified atom stereocenters. The van der Waals surface area contributed by atoms with Gasteiger partial charge >= 0.3 is 0 Å². The van der Waals surface area contributed by atoms with Gasteiger partial charge in [-0.15, -0.1) is 0 Å². The van der Waals surface area contributed by atoms with E-state index in [-0.39, 0.29) is 12.3 Å². The third-order valence-corrected chi connectivity index (χ3v) is 3.09. The lowest BCUT2D eigenvalue weighted by atomic mass is 10.2. The monoisotopic (exact) mass is 313 g/mol. The van der Waals surface area contributed by atoms with Crippen LogP contribution < -0.4 is 5.32 Å². The molecule has 9 heteroatoms. The van der Waals surface area contributed by atoms with E-state index in [0.29, 0.717) is 29.9 Å². The van der Waals surface area contributed by atoms with Gasteiger partial charge in [0.05, 0.1) is 0 Å². The first kappa shape index (κ1) is 14.8. The number of aromatic nitrogens is 6. The second-order valence-electron chi connectivity index (χ2n) is 4.90. The number of nitrogens with zero attached hydrogens (tertiary/aromatic N) is 6. The number of hydrogen-bond donors (Lipinski definition) is 1. The highest BCUT2D eigenvalue weighted by atomic mass is 16.5. The van der Waals surface area contributed by atoms with Crippen LogP contribution in [0.25, 0.3) is 11.4 Å². The molecule has 118 valence electrons. The van der Waals surface area contributed by atoms with Crippen molar-refractivity contribution < 1.29 is 9.32 Å². The summed E-state index contributed by atoms with van der Waals surface area (Å²) in [6.07, 6.45) is 3.87. The minimum atomic E-state index is -0.191. The van der Waals surface area contributed by atoms with Gasteiger partial charge in [-0.2, -0.15) is 15.1 Å². The highest BCUT2D eigenvalue weighted by Gasteiger charge is 2.12. The van der Waals surface area contributed by atoms with Crippen LogP contribution in [-0.4, -0.2) is 35.8 Å². The molecule has 0 spiro atoms. The van der Waals surface area contributed by atoms with Crippen LogP contribution in [0.4, 0.5) is 5.95 Å². The zero-order valence-corrected chi connectivity index (χ0v) is 12.7. The molecular weight excluding hydrogens is 298 g/mol. The lowest BCUT2D eigenvalue weighted by molar-refractivity contribution is -0.116. The Kier molecular flexibility index (Phi) is 4.09. The Bertz CT molecular complexity index is 810. The molecule has 0 aliphatic heterocycles. The summed E-state index contributed by atoms with van der Waals surface area (Å²) in [7, 11) is 1.72. The van der Waals surface area contributed by atoms with Crippen LogP contribution in [0, 0.1) is 6.92 Å². The zero-order chi connectivity index (χ0) is 16.2. The summed E-state index contributed by atoms with van der Waals surface area (Å²) in [6.45, 7) is 1.76. The third-order valence-electron chi connectivity index (χ3n) is 3.09. The van der Waals surface area contributed by atoms with E-state index in [2.05, 4.69) is 30.5 Å². The number of carbonyl (C=O) groups excluding carboxylic acids is 1. The Morgan fingerprint density at radius 1 is 1.30 bits per heavy atom. The molecule has 0 aliphatic carbocycles. The van der Waals surface area contributed by atoms with Crippen molar-refractivity contribution in [2.24, 2.45) is 7.05 Å². The quantitative estimate of drug-likeness (QED) is 0.751. The Morgan fingerprint density at radius 3 is 2.78 bits per heavy atom. The number of carbonyl (C=O) groups is 1. The number of rotatable bonds is 5. The minimum absolute atomic E-state index is 0.191. The van der Waals surface area contributed by atoms with Crippen molar-refractivity contribution in [3.8, 4) is 11.4 Å². The Morgan fingerprint density at radius 2 is 2.09 bits per heavy atom. The fraction of sp³-hybridized carbons (Fsp3) is 0.286. The fourth-order valence-electron chi connectivity index (χ4n) is 2.00. The van der Waals surface area contributed by atoms with Crippen molar-refractivity contribution >= 4 is 11.9 Å². The molecule has 0 saturated carbocycles. The van der Waals surface area contributed by atoms with E-state index in [4.69, 9.17) is 4.52 Å². The van der Waals surface area contributed by atoms with Crippen molar-refractivity contribution in [2.45, 2.75) is 19.8 Å². The molecule has 1 amide bonds. The molecule has 1 N–H and O–H groups in total. The van der Waals surface area contributed by atoms with E-state index in [1.54, 1.807) is 38.5 Å². The molecule has 0 bridgehead atoms. The van der Waals surface area contributed by atoms with Gasteiger partial charge in [-0.3, -0.25) is 15.1 Å². The SMILES string of the molecule is Cc1nc(NC(=O)CCc2nc(-c3ccncc3)no2)n(C)n1. The van der Waals surface area contributed by atoms with Gasteiger partial charge in [-0.25, -0.2) is 4.68 Å². The Hall–Kier alpha value is -3.10. The molecule has 3 rings (SSSR count). The van der Waals surface area contributed by atoms with Crippen molar-refractivity contribution in [1.82, 2.24) is 29.9 Å². The summed E-state index contributed by atoms with van der Waals surface area (Å²) in [5, 5.41) is 10.7. The largest absolute Gasteiger partial charge is 0.339 e. The van der Waals surface area contributed by atoms with Gasteiger partial charge in [0.15, 0.2) is 0 Å². The van der Waals surface area contributed by atoms with Crippen LogP contribution in [-0.2, 0) is 18.3 Å². The predicted molar refractivity (Wildman–Crippen MR) is 80.2 cm³/mol. The molecular formula is C14H15N7O2. The fourth-order valence-corrected chi connectivity index (χ4v) is 2.00. The summed E-state index contributed by atoms with van der Waals surface area (Å²) in [5.41, 5.74) is 0.814. The van der Waals surface area contributed by atoms with Crippen LogP contribution in [0.3, 0.4) is 0 Å². The van der Waals surface area contributed by atoms with E-state index >= 15 is 0 Å². The molecule has 9 nitrogen and oxygen atoms in total. The summed E-state index contributed by atoms with van der Waals surface area (Å²) in [4.78, 5) is 24.2. The van der Waals surface area contributed by atoms with E-state index < -0.39 is 0 Å². The van der Waals surface area contributed by atoms with Crippen molar-refractivity contribution in [3.63, 3.8) is 0 Å². The Balaban J connectivity index is 1.57. The summed E-state index contributed by atoms with van der Waals surface area (Å²) in [6, 6.07) is 3.58. The molecule has 0 aliphatic rings. The standard InChI is InChI=1S/C14H15N7O2/c1-9-16-14(21(2)19-9)17-11(22)3-4-12-18-13(20-23-12)10-5-7-15-8-6-10/h5-8H,3-4H2,1-2H3,(H,16,17,19,22). The van der Waals surface area contributed by atoms with Crippen LogP contribution >= 0.6 is 0 Å². The van der Waals surface area contributed by atoms with Gasteiger partial charge < -0.3 is 4.52 Å². The smallest absolute Gasteiger partial charge is 0.227 e. The third kappa shape index (κ3) is 3.57. The first-order chi connectivity index (χ1) is 11.1. The van der Waals surface area contributed by atoms with Crippen LogP contribution in [0.5, 0.6) is 0 Å². The molecule has 0 saturated heterocycles. The zero-order valence-electron chi connectivity index (χ0n) is 12.7. The number of aryl methyl sites for hydroxylation is 3. The van der Waals surface area contributed by atoms with Crippen molar-refractivity contribution in [3.05, 3.63) is 36.2 Å². The van der Waals surface area contributed by atoms with Crippen LogP contribution in [0.1, 0.15) is 18.1 Å². The Labute approximate surface area is 131 Å². The molecule has 3 aromatic rings. The topological polar surface area (TPSA) is 112 Å². The predicted octanol–water partition coefficient (Wildman–Crippen LogP) is 1.14. The first-order valence-corrected chi connectivity index (χ1v) is 7.02. The maximum absolute atomic E-state index is 11.9. The van der Waals surface area contributed by atoms with Crippen molar-refractivity contribution in [2.75, 3.05) is 5.32 Å². The second kappa shape index (κ2) is 6.34. The highest BCUT2D eigenvalue weighted by molar-refractivity contribution is 5.89. The van der Waals surface area contributed by atoms with E-state index in [9.17, 15) is 4.79 Å². The van der Waals surface area contributed by atoms with E-state index in [0.717, 1.165) is 5.56 Å². The number of pyridine rings is 1. The molecule has 0 aromatic carbocycles. The molecule has 3 aromatic heterocycles. The molecule has 0 atom stereocenters. The number of hydrogen-bond acceptors (Lipinski definition) is 7. The van der Waals surface area contributed by atoms with E-state index in [1.807, 2.05) is 0 Å². The maximum atomic E-state index is 11.9. The normalized spacial score (nSPS) is 10.7. The lowest BCUT2D eigenvalue weighted by Crippen LogP contribution is -2.15. The highest BCUT2D eigenvalue weighted by Crippen LogP contribution is 2.14. The summed E-state index contributed by atoms with van der Waals surface area (Å²) in [5.74, 6) is 1.70. The van der Waals surface area contributed by atoms with Gasteiger partial charge in [-0.05, 0) is 19.1 Å². The summed E-state index contributed by atoms with van der Waals surface area (Å²) < 4.78 is 6.67. The first-order valence-electron chi connectivity index (χ1n) is 7.02. The lowest BCUT2D eigenvalue weighted by Gasteiger charge is -2.01. The average molecular weight is 313 g/mol. The van der Waals surface area contributed by atoms with Crippen molar-refractivity contribution in [1.29, 1.82) is 0 Å². The van der Waals surface area contributed by atoms with Gasteiger partial charge in [-0.1, -0.05) is 5.16 Å². The second-order valence-corrected chi connectivity index (χ2v) is 4.90. The minimum Gasteiger partial charge on any atom is -0.339 e. The molecule has 0 radical (unpaired) electrons. The van der Waals surface area contributed by atoms with Gasteiger partial charge in [0.25, 0.3) is 0 Å². The van der Waals surface area contributed by atoms with E-state index in [1.165, 1.54) is 4.68 Å². The number of anilines is 1. The molecule has 0 fully saturated rings. The van der Waals surface area contributed by atoms with Gasteiger partial charge in [0, 0.05) is 37.8 Å². The van der Waals surface area contributed by atoms with Crippen LogP contribution in [0.15, 0.2) is 29.0 Å². The summed E-state index contributed by atoms with van der Waals surface area (Å²) >= 11 is 0.